The van der Waals surface area contributed by atoms with Gasteiger partial charge >= 0.3 is 6.18 Å². The summed E-state index contributed by atoms with van der Waals surface area (Å²) in [6, 6.07) is 8.39. The molecule has 3 rings (SSSR count). The van der Waals surface area contributed by atoms with Crippen LogP contribution in [0.4, 0.5) is 24.5 Å². The maximum absolute atomic E-state index is 12.9. The third-order valence-corrected chi connectivity index (χ3v) is 5.27. The molecule has 0 spiro atoms. The van der Waals surface area contributed by atoms with Crippen molar-refractivity contribution in [1.82, 2.24) is 4.98 Å². The summed E-state index contributed by atoms with van der Waals surface area (Å²) in [5.41, 5.74) is 0.358. The van der Waals surface area contributed by atoms with Crippen LogP contribution >= 0.6 is 11.6 Å². The third-order valence-electron chi connectivity index (χ3n) is 4.97. The topological polar surface area (TPSA) is 49.7 Å². The minimum absolute atomic E-state index is 0.169. The summed E-state index contributed by atoms with van der Waals surface area (Å²) in [5.74, 6) is -0.169. The number of carbonyl (C=O) groups excluding carboxylic acids is 1. The molecule has 1 amide bonds. The van der Waals surface area contributed by atoms with Crippen molar-refractivity contribution in [3.63, 3.8) is 0 Å². The van der Waals surface area contributed by atoms with Gasteiger partial charge in [-0.25, -0.2) is 4.98 Å². The number of pyridine rings is 1. The van der Waals surface area contributed by atoms with Gasteiger partial charge in [0.05, 0.1) is 37.4 Å². The zero-order chi connectivity index (χ0) is 20.3. The van der Waals surface area contributed by atoms with Gasteiger partial charge in [0, 0.05) is 11.9 Å². The highest BCUT2D eigenvalue weighted by Crippen LogP contribution is 2.31. The van der Waals surface area contributed by atoms with E-state index in [4.69, 9.17) is 11.6 Å². The first-order valence-corrected chi connectivity index (χ1v) is 9.31. The molecule has 1 aromatic heterocycles. The zero-order valence-corrected chi connectivity index (χ0v) is 16.0. The molecule has 1 aliphatic heterocycles. The van der Waals surface area contributed by atoms with E-state index >= 15 is 0 Å². The van der Waals surface area contributed by atoms with E-state index in [1.165, 1.54) is 12.1 Å². The highest BCUT2D eigenvalue weighted by Gasteiger charge is 2.32. The number of amides is 1. The number of halogens is 4. The standard InChI is InChI=1S/C19H20ClF3N4O/c1-13(18(28)25-16-6-3-7-24-17(16)20)26-8-10-27(11-9-26)15-5-2-4-14(12-15)19(21,22)23/h2-7,12-13H,8-11H2,1H3,(H,25,28)/p+1/t13-/m1/s1. The largest absolute Gasteiger partial charge is 0.416 e. The van der Waals surface area contributed by atoms with Crippen molar-refractivity contribution in [3.05, 3.63) is 53.3 Å². The lowest BCUT2D eigenvalue weighted by molar-refractivity contribution is -0.914. The van der Waals surface area contributed by atoms with Gasteiger partial charge in [0.15, 0.2) is 11.2 Å². The lowest BCUT2D eigenvalue weighted by atomic mass is 10.1. The number of nitrogens with zero attached hydrogens (tertiary/aromatic N) is 2. The van der Waals surface area contributed by atoms with Crippen molar-refractivity contribution in [2.24, 2.45) is 0 Å². The Morgan fingerprint density at radius 3 is 2.61 bits per heavy atom. The third kappa shape index (κ3) is 4.74. The molecule has 9 heteroatoms. The Labute approximate surface area is 166 Å². The number of carbonyl (C=O) groups is 1. The number of anilines is 2. The summed E-state index contributed by atoms with van der Waals surface area (Å²) < 4.78 is 38.8. The fraction of sp³-hybridized carbons (Fsp3) is 0.368. The number of alkyl halides is 3. The predicted molar refractivity (Wildman–Crippen MR) is 102 cm³/mol. The first-order valence-electron chi connectivity index (χ1n) is 8.94. The average molecular weight is 414 g/mol. The molecule has 2 aromatic rings. The fourth-order valence-electron chi connectivity index (χ4n) is 3.27. The molecule has 0 bridgehead atoms. The molecule has 1 fully saturated rings. The second-order valence-electron chi connectivity index (χ2n) is 6.75. The highest BCUT2D eigenvalue weighted by molar-refractivity contribution is 6.32. The van der Waals surface area contributed by atoms with Crippen molar-refractivity contribution < 1.29 is 22.9 Å². The van der Waals surface area contributed by atoms with Crippen LogP contribution in [0.1, 0.15) is 12.5 Å². The normalized spacial score (nSPS) is 16.7. The molecule has 2 heterocycles. The van der Waals surface area contributed by atoms with Gasteiger partial charge in [-0.05, 0) is 37.3 Å². The van der Waals surface area contributed by atoms with E-state index < -0.39 is 11.7 Å². The molecular formula is C19H21ClF3N4O+. The molecule has 1 saturated heterocycles. The number of piperazine rings is 1. The maximum Gasteiger partial charge on any atom is 0.416 e. The number of hydrogen-bond acceptors (Lipinski definition) is 3. The van der Waals surface area contributed by atoms with E-state index in [0.29, 0.717) is 37.6 Å². The van der Waals surface area contributed by atoms with Crippen LogP contribution in [0.25, 0.3) is 0 Å². The van der Waals surface area contributed by atoms with Gasteiger partial charge < -0.3 is 15.1 Å². The first kappa shape index (κ1) is 20.4. The minimum atomic E-state index is -4.36. The van der Waals surface area contributed by atoms with Crippen LogP contribution in [0.3, 0.4) is 0 Å². The van der Waals surface area contributed by atoms with Crippen molar-refractivity contribution in [2.45, 2.75) is 19.1 Å². The van der Waals surface area contributed by atoms with Gasteiger partial charge in [0.25, 0.3) is 5.91 Å². The Bertz CT molecular complexity index is 838. The van der Waals surface area contributed by atoms with Crippen LogP contribution in [0, 0.1) is 0 Å². The van der Waals surface area contributed by atoms with Crippen molar-refractivity contribution >= 4 is 28.9 Å². The van der Waals surface area contributed by atoms with E-state index in [9.17, 15) is 18.0 Å². The predicted octanol–water partition coefficient (Wildman–Crippen LogP) is 2.49. The average Bonchev–Trinajstić information content (AvgIpc) is 2.69. The molecule has 28 heavy (non-hydrogen) atoms. The van der Waals surface area contributed by atoms with Gasteiger partial charge in [-0.15, -0.1) is 0 Å². The molecule has 150 valence electrons. The van der Waals surface area contributed by atoms with E-state index in [0.717, 1.165) is 11.0 Å². The number of rotatable bonds is 4. The van der Waals surface area contributed by atoms with Gasteiger partial charge in [-0.1, -0.05) is 17.7 Å². The molecule has 1 aliphatic rings. The summed E-state index contributed by atoms with van der Waals surface area (Å²) in [7, 11) is 0. The summed E-state index contributed by atoms with van der Waals surface area (Å²) in [4.78, 5) is 19.4. The monoisotopic (exact) mass is 413 g/mol. The molecule has 2 N–H and O–H groups in total. The van der Waals surface area contributed by atoms with Gasteiger partial charge in [-0.2, -0.15) is 13.2 Å². The Kier molecular flexibility index (Phi) is 6.10. The van der Waals surface area contributed by atoms with E-state index in [1.807, 2.05) is 11.8 Å². The number of quaternary nitrogens is 1. The van der Waals surface area contributed by atoms with Crippen LogP contribution in [-0.4, -0.2) is 43.1 Å². The Morgan fingerprint density at radius 1 is 1.25 bits per heavy atom. The van der Waals surface area contributed by atoms with Crippen LogP contribution in [0.2, 0.25) is 5.15 Å². The number of hydrogen-bond donors (Lipinski definition) is 2. The summed E-state index contributed by atoms with van der Waals surface area (Å²) in [6.07, 6.45) is -2.82. The Morgan fingerprint density at radius 2 is 1.96 bits per heavy atom. The second kappa shape index (κ2) is 8.36. The number of benzene rings is 1. The highest BCUT2D eigenvalue weighted by atomic mass is 35.5. The summed E-state index contributed by atoms with van der Waals surface area (Å²) in [5, 5.41) is 3.01. The summed E-state index contributed by atoms with van der Waals surface area (Å²) in [6.45, 7) is 4.26. The van der Waals surface area contributed by atoms with Crippen LogP contribution in [0.15, 0.2) is 42.6 Å². The Balaban J connectivity index is 1.59. The van der Waals surface area contributed by atoms with Gasteiger partial charge in [-0.3, -0.25) is 4.79 Å². The van der Waals surface area contributed by atoms with Gasteiger partial charge in [0.2, 0.25) is 0 Å². The second-order valence-corrected chi connectivity index (χ2v) is 7.10. The number of nitrogens with one attached hydrogen (secondary N) is 2. The molecule has 0 radical (unpaired) electrons. The lowest BCUT2D eigenvalue weighted by Crippen LogP contribution is -3.19. The molecule has 1 aromatic carbocycles. The van der Waals surface area contributed by atoms with Crippen LogP contribution < -0.4 is 15.1 Å². The number of aromatic nitrogens is 1. The van der Waals surface area contributed by atoms with Crippen LogP contribution in [0.5, 0.6) is 0 Å². The minimum Gasteiger partial charge on any atom is -0.360 e. The molecule has 0 aliphatic carbocycles. The summed E-state index contributed by atoms with van der Waals surface area (Å²) >= 11 is 5.97. The maximum atomic E-state index is 12.9. The molecule has 5 nitrogen and oxygen atoms in total. The quantitative estimate of drug-likeness (QED) is 0.757. The smallest absolute Gasteiger partial charge is 0.360 e. The van der Waals surface area contributed by atoms with Gasteiger partial charge in [0.1, 0.15) is 0 Å². The molecule has 0 unspecified atom stereocenters. The fourth-order valence-corrected chi connectivity index (χ4v) is 3.44. The van der Waals surface area contributed by atoms with Crippen molar-refractivity contribution in [1.29, 1.82) is 0 Å². The van der Waals surface area contributed by atoms with E-state index in [2.05, 4.69) is 10.3 Å². The van der Waals surface area contributed by atoms with Crippen molar-refractivity contribution in [3.8, 4) is 0 Å². The SMILES string of the molecule is C[C@H](C(=O)Nc1cccnc1Cl)[NH+]1CCN(c2cccc(C(F)(F)F)c2)CC1. The van der Waals surface area contributed by atoms with E-state index in [1.54, 1.807) is 24.4 Å². The Hall–Kier alpha value is -2.32. The molecular weight excluding hydrogens is 393 g/mol. The molecule has 0 saturated carbocycles. The van der Waals surface area contributed by atoms with Crippen molar-refractivity contribution in [2.75, 3.05) is 36.4 Å². The zero-order valence-electron chi connectivity index (χ0n) is 15.3. The first-order chi connectivity index (χ1) is 13.3. The lowest BCUT2D eigenvalue weighted by Gasteiger charge is -2.36. The van der Waals surface area contributed by atoms with E-state index in [-0.39, 0.29) is 17.1 Å². The molecule has 1 atom stereocenters. The van der Waals surface area contributed by atoms with Crippen LogP contribution in [-0.2, 0) is 11.0 Å².